The van der Waals surface area contributed by atoms with E-state index in [1.807, 2.05) is 6.08 Å². The van der Waals surface area contributed by atoms with Crippen LogP contribution in [0.1, 0.15) is 38.5 Å². The fraction of sp³-hybridized carbons (Fsp3) is 0.818. The topological polar surface area (TPSA) is 9.23 Å². The van der Waals surface area contributed by atoms with Crippen LogP contribution in [0.2, 0.25) is 0 Å². The Morgan fingerprint density at radius 3 is 2.38 bits per heavy atom. The average molecular weight is 200 g/mol. The summed E-state index contributed by atoms with van der Waals surface area (Å²) in [5.74, 6) is 0.814. The monoisotopic (exact) mass is 200 g/mol. The first kappa shape index (κ1) is 11.1. The first-order valence-corrected chi connectivity index (χ1v) is 5.94. The van der Waals surface area contributed by atoms with Gasteiger partial charge in [0.2, 0.25) is 0 Å². The molecule has 0 spiro atoms. The molecule has 0 aliphatic heterocycles. The molecule has 0 saturated heterocycles. The predicted molar refractivity (Wildman–Crippen MR) is 60.4 cm³/mol. The van der Waals surface area contributed by atoms with E-state index < -0.39 is 0 Å². The summed E-state index contributed by atoms with van der Waals surface area (Å²) < 4.78 is 5.74. The molecule has 0 amide bonds. The third kappa shape index (κ3) is 5.37. The summed E-state index contributed by atoms with van der Waals surface area (Å²) >= 11 is 4.10. The Balaban J connectivity index is 2.08. The van der Waals surface area contributed by atoms with Gasteiger partial charge in [-0.3, -0.25) is 0 Å². The van der Waals surface area contributed by atoms with E-state index >= 15 is 0 Å². The first-order chi connectivity index (χ1) is 6.43. The third-order valence-corrected chi connectivity index (χ3v) is 2.71. The lowest BCUT2D eigenvalue weighted by molar-refractivity contribution is 0.0631. The molecule has 1 nitrogen and oxygen atoms in total. The molecule has 1 aliphatic carbocycles. The van der Waals surface area contributed by atoms with Gasteiger partial charge in [0.25, 0.3) is 0 Å². The fourth-order valence-corrected chi connectivity index (χ4v) is 1.89. The van der Waals surface area contributed by atoms with Gasteiger partial charge in [0.15, 0.2) is 0 Å². The van der Waals surface area contributed by atoms with Crippen molar-refractivity contribution in [3.63, 3.8) is 0 Å². The summed E-state index contributed by atoms with van der Waals surface area (Å²) in [6.07, 6.45) is 12.6. The Morgan fingerprint density at radius 2 is 1.77 bits per heavy atom. The SMILES string of the molecule is SCC=CCOC1CCCCCC1. The van der Waals surface area contributed by atoms with E-state index in [1.165, 1.54) is 38.5 Å². The minimum absolute atomic E-state index is 0.520. The number of ether oxygens (including phenoxy) is 1. The maximum Gasteiger partial charge on any atom is 0.0651 e. The van der Waals surface area contributed by atoms with E-state index in [2.05, 4.69) is 18.7 Å². The minimum atomic E-state index is 0.520. The van der Waals surface area contributed by atoms with Crippen molar-refractivity contribution < 1.29 is 4.74 Å². The molecule has 13 heavy (non-hydrogen) atoms. The predicted octanol–water partition coefficient (Wildman–Crippen LogP) is 3.21. The van der Waals surface area contributed by atoms with Crippen molar-refractivity contribution in [3.8, 4) is 0 Å². The molecule has 1 saturated carbocycles. The zero-order valence-corrected chi connectivity index (χ0v) is 9.14. The summed E-state index contributed by atoms with van der Waals surface area (Å²) in [7, 11) is 0. The van der Waals surface area contributed by atoms with Gasteiger partial charge in [0.1, 0.15) is 0 Å². The van der Waals surface area contributed by atoms with E-state index in [9.17, 15) is 0 Å². The molecule has 2 heteroatoms. The van der Waals surface area contributed by atoms with Gasteiger partial charge in [0.05, 0.1) is 12.7 Å². The van der Waals surface area contributed by atoms with Gasteiger partial charge < -0.3 is 4.74 Å². The van der Waals surface area contributed by atoms with E-state index in [0.717, 1.165) is 12.4 Å². The van der Waals surface area contributed by atoms with Crippen LogP contribution in [0.4, 0.5) is 0 Å². The van der Waals surface area contributed by atoms with Crippen molar-refractivity contribution in [2.24, 2.45) is 0 Å². The molecular weight excluding hydrogens is 180 g/mol. The van der Waals surface area contributed by atoms with Gasteiger partial charge in [-0.25, -0.2) is 0 Å². The zero-order chi connectivity index (χ0) is 9.36. The summed E-state index contributed by atoms with van der Waals surface area (Å²) in [4.78, 5) is 0. The molecular formula is C11H20OS. The highest BCUT2D eigenvalue weighted by atomic mass is 32.1. The third-order valence-electron chi connectivity index (χ3n) is 2.50. The maximum absolute atomic E-state index is 5.74. The van der Waals surface area contributed by atoms with Crippen LogP contribution >= 0.6 is 12.6 Å². The molecule has 0 bridgehead atoms. The maximum atomic E-state index is 5.74. The normalized spacial score (nSPS) is 20.7. The van der Waals surface area contributed by atoms with Crippen molar-refractivity contribution in [3.05, 3.63) is 12.2 Å². The molecule has 1 aliphatic rings. The van der Waals surface area contributed by atoms with Crippen molar-refractivity contribution in [1.82, 2.24) is 0 Å². The van der Waals surface area contributed by atoms with Crippen molar-refractivity contribution in [1.29, 1.82) is 0 Å². The molecule has 0 heterocycles. The van der Waals surface area contributed by atoms with Crippen molar-refractivity contribution in [2.45, 2.75) is 44.6 Å². The van der Waals surface area contributed by atoms with Gasteiger partial charge in [-0.05, 0) is 12.8 Å². The highest BCUT2D eigenvalue weighted by Crippen LogP contribution is 2.19. The van der Waals surface area contributed by atoms with Crippen LogP contribution in [-0.2, 0) is 4.74 Å². The Labute approximate surface area is 87.0 Å². The highest BCUT2D eigenvalue weighted by Gasteiger charge is 2.11. The van der Waals surface area contributed by atoms with Gasteiger partial charge in [-0.2, -0.15) is 12.6 Å². The van der Waals surface area contributed by atoms with Crippen LogP contribution in [0.5, 0.6) is 0 Å². The molecule has 0 aromatic heterocycles. The smallest absolute Gasteiger partial charge is 0.0651 e. The highest BCUT2D eigenvalue weighted by molar-refractivity contribution is 7.80. The average Bonchev–Trinajstić information content (AvgIpc) is 2.41. The zero-order valence-electron chi connectivity index (χ0n) is 8.24. The lowest BCUT2D eigenvalue weighted by Crippen LogP contribution is -2.11. The van der Waals surface area contributed by atoms with Gasteiger partial charge in [0, 0.05) is 5.75 Å². The summed E-state index contributed by atoms with van der Waals surface area (Å²) in [5, 5.41) is 0. The molecule has 1 rings (SSSR count). The van der Waals surface area contributed by atoms with Crippen molar-refractivity contribution in [2.75, 3.05) is 12.4 Å². The van der Waals surface area contributed by atoms with Crippen LogP contribution < -0.4 is 0 Å². The molecule has 0 unspecified atom stereocenters. The summed E-state index contributed by atoms with van der Waals surface area (Å²) in [5.41, 5.74) is 0. The van der Waals surface area contributed by atoms with Crippen LogP contribution in [0, 0.1) is 0 Å². The molecule has 76 valence electrons. The quantitative estimate of drug-likeness (QED) is 0.416. The number of hydrogen-bond donors (Lipinski definition) is 1. The molecule has 0 aromatic carbocycles. The molecule has 0 radical (unpaired) electrons. The Morgan fingerprint density at radius 1 is 1.08 bits per heavy atom. The second-order valence-electron chi connectivity index (χ2n) is 3.60. The van der Waals surface area contributed by atoms with E-state index in [4.69, 9.17) is 4.74 Å². The van der Waals surface area contributed by atoms with Gasteiger partial charge in [-0.15, -0.1) is 0 Å². The van der Waals surface area contributed by atoms with Gasteiger partial charge >= 0.3 is 0 Å². The lowest BCUT2D eigenvalue weighted by Gasteiger charge is -2.13. The van der Waals surface area contributed by atoms with E-state index in [1.54, 1.807) is 0 Å². The standard InChI is InChI=1S/C11H20OS/c13-10-6-5-9-12-11-7-3-1-2-4-8-11/h5-6,11,13H,1-4,7-10H2. The lowest BCUT2D eigenvalue weighted by atomic mass is 10.1. The Hall–Kier alpha value is 0.0500. The largest absolute Gasteiger partial charge is 0.374 e. The van der Waals surface area contributed by atoms with E-state index in [0.29, 0.717) is 6.10 Å². The molecule has 0 aromatic rings. The van der Waals surface area contributed by atoms with Crippen LogP contribution in [0.25, 0.3) is 0 Å². The number of rotatable bonds is 4. The second kappa shape index (κ2) is 7.45. The van der Waals surface area contributed by atoms with Gasteiger partial charge in [-0.1, -0.05) is 37.8 Å². The van der Waals surface area contributed by atoms with Crippen LogP contribution in [0.15, 0.2) is 12.2 Å². The fourth-order valence-electron chi connectivity index (χ4n) is 1.74. The minimum Gasteiger partial charge on any atom is -0.374 e. The van der Waals surface area contributed by atoms with Crippen LogP contribution in [0.3, 0.4) is 0 Å². The molecule has 1 fully saturated rings. The molecule has 0 atom stereocenters. The van der Waals surface area contributed by atoms with E-state index in [-0.39, 0.29) is 0 Å². The Bertz CT molecular complexity index is 137. The second-order valence-corrected chi connectivity index (χ2v) is 3.97. The summed E-state index contributed by atoms with van der Waals surface area (Å²) in [6, 6.07) is 0. The molecule has 0 N–H and O–H groups in total. The van der Waals surface area contributed by atoms with Crippen molar-refractivity contribution >= 4 is 12.6 Å². The first-order valence-electron chi connectivity index (χ1n) is 5.31. The number of thiol groups is 1. The Kier molecular flexibility index (Phi) is 6.38. The van der Waals surface area contributed by atoms with Crippen LogP contribution in [-0.4, -0.2) is 18.5 Å². The number of hydrogen-bond acceptors (Lipinski definition) is 2. The summed E-state index contributed by atoms with van der Waals surface area (Å²) in [6.45, 7) is 0.769.